The minimum Gasteiger partial charge on any atom is -0.493 e. The Kier molecular flexibility index (Phi) is 7.16. The molecule has 0 aliphatic heterocycles. The van der Waals surface area contributed by atoms with Crippen LogP contribution < -0.4 is 25.7 Å². The van der Waals surface area contributed by atoms with E-state index in [1.54, 1.807) is 42.5 Å². The number of nitrogens with zero attached hydrogens (tertiary/aromatic N) is 2. The Morgan fingerprint density at radius 2 is 1.72 bits per heavy atom. The number of aromatic nitrogens is 2. The lowest BCUT2D eigenvalue weighted by Crippen LogP contribution is -2.35. The van der Waals surface area contributed by atoms with E-state index in [0.29, 0.717) is 22.6 Å². The Hall–Kier alpha value is -4.44. The first-order valence-electron chi connectivity index (χ1n) is 10.6. The second-order valence-corrected chi connectivity index (χ2v) is 7.91. The van der Waals surface area contributed by atoms with Gasteiger partial charge in [-0.3, -0.25) is 14.4 Å². The van der Waals surface area contributed by atoms with Crippen LogP contribution in [0, 0.1) is 5.82 Å². The van der Waals surface area contributed by atoms with Gasteiger partial charge in [0.15, 0.2) is 17.2 Å². The number of fused-ring (bicyclic) bond motifs is 1. The topological polar surface area (TPSA) is 112 Å². The van der Waals surface area contributed by atoms with Gasteiger partial charge in [-0.25, -0.2) is 4.39 Å². The number of ether oxygens (including phenoxy) is 2. The van der Waals surface area contributed by atoms with E-state index in [0.717, 1.165) is 16.8 Å². The lowest BCUT2D eigenvalue weighted by atomic mass is 10.1. The van der Waals surface area contributed by atoms with Gasteiger partial charge in [-0.15, -0.1) is 0 Å². The van der Waals surface area contributed by atoms with E-state index < -0.39 is 29.7 Å². The highest BCUT2D eigenvalue weighted by atomic mass is 35.5. The summed E-state index contributed by atoms with van der Waals surface area (Å²) in [5.74, 6) is -0.983. The monoisotopic (exact) mass is 510 g/mol. The maximum atomic E-state index is 13.2. The molecule has 9 nitrogen and oxygen atoms in total. The molecule has 1 aromatic heterocycles. The standard InChI is InChI=1S/C25H20ClFN4O5/c1-35-20-10-8-15(12-21(20)36-2)31-25(34)17-6-4-3-5-16(17)23(30-31)24(33)28-13-22(32)29-19-9-7-14(27)11-18(19)26/h3-12H,13H2,1-2H3,(H,28,33)(H,29,32). The molecule has 0 atom stereocenters. The zero-order valence-electron chi connectivity index (χ0n) is 19.2. The summed E-state index contributed by atoms with van der Waals surface area (Å²) in [6.45, 7) is -0.419. The van der Waals surface area contributed by atoms with Gasteiger partial charge in [0.2, 0.25) is 5.91 Å². The third-order valence-corrected chi connectivity index (χ3v) is 5.56. The summed E-state index contributed by atoms with van der Waals surface area (Å²) in [5, 5.41) is 9.87. The molecule has 3 aromatic carbocycles. The van der Waals surface area contributed by atoms with Crippen LogP contribution in [0.2, 0.25) is 5.02 Å². The van der Waals surface area contributed by atoms with Crippen molar-refractivity contribution in [3.05, 3.63) is 87.6 Å². The van der Waals surface area contributed by atoms with Crippen LogP contribution in [-0.4, -0.2) is 42.4 Å². The van der Waals surface area contributed by atoms with Gasteiger partial charge in [-0.05, 0) is 36.4 Å². The average molecular weight is 511 g/mol. The number of carbonyl (C=O) groups is 2. The molecule has 0 aliphatic rings. The number of halogens is 2. The number of hydrogen-bond acceptors (Lipinski definition) is 6. The molecule has 0 spiro atoms. The average Bonchev–Trinajstić information content (AvgIpc) is 2.89. The molecule has 2 amide bonds. The van der Waals surface area contributed by atoms with Crippen LogP contribution in [0.4, 0.5) is 10.1 Å². The van der Waals surface area contributed by atoms with Gasteiger partial charge in [0.25, 0.3) is 11.5 Å². The first kappa shape index (κ1) is 24.7. The molecule has 4 aromatic rings. The molecule has 1 heterocycles. The minimum absolute atomic E-state index is 0.0179. The Morgan fingerprint density at radius 3 is 2.42 bits per heavy atom. The number of benzene rings is 3. The Labute approximate surface area is 209 Å². The van der Waals surface area contributed by atoms with Crippen LogP contribution in [0.25, 0.3) is 16.5 Å². The molecular formula is C25H20ClFN4O5. The van der Waals surface area contributed by atoms with Crippen LogP contribution in [0.1, 0.15) is 10.5 Å². The second kappa shape index (κ2) is 10.4. The van der Waals surface area contributed by atoms with Crippen molar-refractivity contribution < 1.29 is 23.5 Å². The van der Waals surface area contributed by atoms with Crippen molar-refractivity contribution in [2.45, 2.75) is 0 Å². The van der Waals surface area contributed by atoms with E-state index in [1.165, 1.54) is 20.3 Å². The van der Waals surface area contributed by atoms with Crippen molar-refractivity contribution >= 4 is 39.9 Å². The number of nitrogens with one attached hydrogen (secondary N) is 2. The van der Waals surface area contributed by atoms with Crippen LogP contribution in [0.3, 0.4) is 0 Å². The third kappa shape index (κ3) is 4.98. The van der Waals surface area contributed by atoms with E-state index in [-0.39, 0.29) is 21.8 Å². The summed E-state index contributed by atoms with van der Waals surface area (Å²) in [4.78, 5) is 38.6. The molecule has 0 radical (unpaired) electrons. The van der Waals surface area contributed by atoms with Crippen molar-refractivity contribution in [3.8, 4) is 17.2 Å². The van der Waals surface area contributed by atoms with Gasteiger partial charge in [0.05, 0.1) is 42.5 Å². The van der Waals surface area contributed by atoms with Gasteiger partial charge in [0.1, 0.15) is 5.82 Å². The van der Waals surface area contributed by atoms with Crippen molar-refractivity contribution in [2.75, 3.05) is 26.1 Å². The van der Waals surface area contributed by atoms with Gasteiger partial charge in [0, 0.05) is 11.5 Å². The zero-order chi connectivity index (χ0) is 25.8. The van der Waals surface area contributed by atoms with Crippen molar-refractivity contribution in [1.82, 2.24) is 15.1 Å². The minimum atomic E-state index is -0.680. The highest BCUT2D eigenvalue weighted by Crippen LogP contribution is 2.29. The van der Waals surface area contributed by atoms with Gasteiger partial charge in [-0.1, -0.05) is 29.8 Å². The molecular weight excluding hydrogens is 491 g/mol. The second-order valence-electron chi connectivity index (χ2n) is 7.51. The fourth-order valence-electron chi connectivity index (χ4n) is 3.52. The molecule has 4 rings (SSSR count). The van der Waals surface area contributed by atoms with E-state index >= 15 is 0 Å². The maximum Gasteiger partial charge on any atom is 0.279 e. The highest BCUT2D eigenvalue weighted by Gasteiger charge is 2.19. The van der Waals surface area contributed by atoms with Crippen molar-refractivity contribution in [1.29, 1.82) is 0 Å². The van der Waals surface area contributed by atoms with E-state index in [1.807, 2.05) is 0 Å². The number of rotatable bonds is 7. The van der Waals surface area contributed by atoms with Crippen LogP contribution in [0.15, 0.2) is 65.5 Å². The van der Waals surface area contributed by atoms with Crippen LogP contribution in [-0.2, 0) is 4.79 Å². The lowest BCUT2D eigenvalue weighted by Gasteiger charge is -2.13. The molecule has 0 saturated carbocycles. The molecule has 0 fully saturated rings. The summed E-state index contributed by atoms with van der Waals surface area (Å²) in [7, 11) is 2.95. The van der Waals surface area contributed by atoms with E-state index in [9.17, 15) is 18.8 Å². The van der Waals surface area contributed by atoms with Gasteiger partial charge >= 0.3 is 0 Å². The van der Waals surface area contributed by atoms with Gasteiger partial charge < -0.3 is 20.1 Å². The fourth-order valence-corrected chi connectivity index (χ4v) is 3.73. The summed E-state index contributed by atoms with van der Waals surface area (Å²) < 4.78 is 24.8. The summed E-state index contributed by atoms with van der Waals surface area (Å²) in [6.07, 6.45) is 0. The van der Waals surface area contributed by atoms with Crippen molar-refractivity contribution in [2.24, 2.45) is 0 Å². The Bertz CT molecular complexity index is 1540. The molecule has 184 valence electrons. The molecule has 0 unspecified atom stereocenters. The maximum absolute atomic E-state index is 13.2. The first-order valence-corrected chi connectivity index (χ1v) is 11.0. The number of methoxy groups -OCH3 is 2. The smallest absolute Gasteiger partial charge is 0.279 e. The number of carbonyl (C=O) groups excluding carboxylic acids is 2. The molecule has 0 saturated heterocycles. The van der Waals surface area contributed by atoms with Crippen LogP contribution in [0.5, 0.6) is 11.5 Å². The lowest BCUT2D eigenvalue weighted by molar-refractivity contribution is -0.115. The first-order chi connectivity index (χ1) is 17.3. The predicted molar refractivity (Wildman–Crippen MR) is 133 cm³/mol. The molecule has 2 N–H and O–H groups in total. The third-order valence-electron chi connectivity index (χ3n) is 5.25. The molecule has 0 bridgehead atoms. The number of anilines is 1. The SMILES string of the molecule is COc1ccc(-n2nc(C(=O)NCC(=O)Nc3ccc(F)cc3Cl)c3ccccc3c2=O)cc1OC. The highest BCUT2D eigenvalue weighted by molar-refractivity contribution is 6.33. The largest absolute Gasteiger partial charge is 0.493 e. The quantitative estimate of drug-likeness (QED) is 0.393. The Balaban J connectivity index is 1.65. The number of amides is 2. The van der Waals surface area contributed by atoms with Gasteiger partial charge in [-0.2, -0.15) is 9.78 Å². The summed E-state index contributed by atoms with van der Waals surface area (Å²) in [5.41, 5.74) is 0.0368. The van der Waals surface area contributed by atoms with Crippen LogP contribution >= 0.6 is 11.6 Å². The zero-order valence-corrected chi connectivity index (χ0v) is 19.9. The van der Waals surface area contributed by atoms with E-state index in [4.69, 9.17) is 21.1 Å². The van der Waals surface area contributed by atoms with Crippen molar-refractivity contribution in [3.63, 3.8) is 0 Å². The normalized spacial score (nSPS) is 10.7. The fraction of sp³-hybridized carbons (Fsp3) is 0.120. The predicted octanol–water partition coefficient (Wildman–Crippen LogP) is 3.56. The summed E-state index contributed by atoms with van der Waals surface area (Å²) in [6, 6.07) is 14.8. The summed E-state index contributed by atoms with van der Waals surface area (Å²) >= 11 is 5.93. The number of hydrogen-bond donors (Lipinski definition) is 2. The molecule has 11 heteroatoms. The van der Waals surface area contributed by atoms with E-state index in [2.05, 4.69) is 15.7 Å². The molecule has 36 heavy (non-hydrogen) atoms. The Morgan fingerprint density at radius 1 is 1.00 bits per heavy atom. The molecule has 0 aliphatic carbocycles.